The van der Waals surface area contributed by atoms with Gasteiger partial charge < -0.3 is 15.0 Å². The molecule has 2 aliphatic heterocycles. The molecular formula is C20H24N4O3. The average molecular weight is 368 g/mol. The lowest BCUT2D eigenvalue weighted by atomic mass is 9.91. The Bertz CT molecular complexity index is 853. The number of carbonyl (C=O) groups excluding carboxylic acids is 2. The molecule has 27 heavy (non-hydrogen) atoms. The summed E-state index contributed by atoms with van der Waals surface area (Å²) < 4.78 is 6.79. The molecule has 2 amide bonds. The number of likely N-dealkylation sites (tertiary alicyclic amines) is 1. The molecule has 2 aliphatic rings. The molecule has 1 aromatic carbocycles. The SMILES string of the molecule is Cc1cc(C)n(-c2ccc(C3CN(C(=O)CC[C@@H]4COC(=O)N4)C3)cc2)n1. The molecule has 2 aromatic rings. The van der Waals surface area contributed by atoms with Gasteiger partial charge in [0.1, 0.15) is 6.61 Å². The van der Waals surface area contributed by atoms with Crippen molar-refractivity contribution in [3.8, 4) is 5.69 Å². The third kappa shape index (κ3) is 3.67. The Morgan fingerprint density at radius 2 is 2.00 bits per heavy atom. The molecular weight excluding hydrogens is 344 g/mol. The van der Waals surface area contributed by atoms with Gasteiger partial charge in [0.05, 0.1) is 17.4 Å². The van der Waals surface area contributed by atoms with Crippen LogP contribution in [0, 0.1) is 13.8 Å². The van der Waals surface area contributed by atoms with Gasteiger partial charge in [-0.25, -0.2) is 9.48 Å². The predicted octanol–water partition coefficient (Wildman–Crippen LogP) is 2.30. The number of hydrogen-bond donors (Lipinski definition) is 1. The van der Waals surface area contributed by atoms with E-state index in [9.17, 15) is 9.59 Å². The third-order valence-corrected chi connectivity index (χ3v) is 5.30. The Labute approximate surface area is 158 Å². The molecule has 142 valence electrons. The minimum atomic E-state index is -0.389. The Balaban J connectivity index is 1.28. The molecule has 7 nitrogen and oxygen atoms in total. The molecule has 0 bridgehead atoms. The second-order valence-electron chi connectivity index (χ2n) is 7.40. The Hall–Kier alpha value is -2.83. The fraction of sp³-hybridized carbons (Fsp3) is 0.450. The lowest BCUT2D eigenvalue weighted by Crippen LogP contribution is -2.48. The summed E-state index contributed by atoms with van der Waals surface area (Å²) in [6.45, 7) is 5.91. The summed E-state index contributed by atoms with van der Waals surface area (Å²) in [5.74, 6) is 0.532. The van der Waals surface area contributed by atoms with Crippen molar-refractivity contribution in [3.63, 3.8) is 0 Å². The normalized spacial score (nSPS) is 19.6. The van der Waals surface area contributed by atoms with Crippen LogP contribution in [0.1, 0.15) is 35.7 Å². The summed E-state index contributed by atoms with van der Waals surface area (Å²) >= 11 is 0. The summed E-state index contributed by atoms with van der Waals surface area (Å²) in [5.41, 5.74) is 4.43. The highest BCUT2D eigenvalue weighted by atomic mass is 16.6. The fourth-order valence-electron chi connectivity index (χ4n) is 3.71. The first-order valence-corrected chi connectivity index (χ1v) is 9.34. The maximum atomic E-state index is 12.3. The number of hydrogen-bond acceptors (Lipinski definition) is 4. The van der Waals surface area contributed by atoms with Crippen molar-refractivity contribution in [3.05, 3.63) is 47.3 Å². The van der Waals surface area contributed by atoms with Gasteiger partial charge in [0, 0.05) is 31.1 Å². The molecule has 7 heteroatoms. The monoisotopic (exact) mass is 368 g/mol. The van der Waals surface area contributed by atoms with E-state index in [-0.39, 0.29) is 18.0 Å². The maximum Gasteiger partial charge on any atom is 0.407 e. The van der Waals surface area contributed by atoms with E-state index in [0.29, 0.717) is 25.4 Å². The first kappa shape index (κ1) is 17.6. The van der Waals surface area contributed by atoms with Crippen LogP contribution in [-0.2, 0) is 9.53 Å². The van der Waals surface area contributed by atoms with E-state index in [1.54, 1.807) is 0 Å². The van der Waals surface area contributed by atoms with E-state index in [4.69, 9.17) is 4.74 Å². The number of alkyl carbamates (subject to hydrolysis) is 1. The van der Waals surface area contributed by atoms with E-state index in [2.05, 4.69) is 40.7 Å². The van der Waals surface area contributed by atoms with Crippen molar-refractivity contribution in [2.24, 2.45) is 0 Å². The number of aromatic nitrogens is 2. The first-order valence-electron chi connectivity index (χ1n) is 9.34. The number of amides is 2. The number of nitrogens with zero attached hydrogens (tertiary/aromatic N) is 3. The van der Waals surface area contributed by atoms with Crippen molar-refractivity contribution in [2.45, 2.75) is 38.6 Å². The predicted molar refractivity (Wildman–Crippen MR) is 99.9 cm³/mol. The van der Waals surface area contributed by atoms with Crippen LogP contribution in [0.3, 0.4) is 0 Å². The Morgan fingerprint density at radius 3 is 2.59 bits per heavy atom. The largest absolute Gasteiger partial charge is 0.447 e. The number of ether oxygens (including phenoxy) is 1. The van der Waals surface area contributed by atoms with Gasteiger partial charge in [-0.15, -0.1) is 0 Å². The van der Waals surface area contributed by atoms with E-state index in [1.807, 2.05) is 23.4 Å². The molecule has 0 unspecified atom stereocenters. The number of carbonyl (C=O) groups is 2. The van der Waals surface area contributed by atoms with Gasteiger partial charge in [-0.3, -0.25) is 4.79 Å². The highest BCUT2D eigenvalue weighted by Gasteiger charge is 2.32. The third-order valence-electron chi connectivity index (χ3n) is 5.30. The van der Waals surface area contributed by atoms with Crippen LogP contribution in [-0.4, -0.2) is 52.4 Å². The van der Waals surface area contributed by atoms with E-state index >= 15 is 0 Å². The molecule has 4 rings (SSSR count). The standard InChI is InChI=1S/C20H24N4O3/c1-13-9-14(2)24(22-13)18-6-3-15(4-7-18)16-10-23(11-16)19(25)8-5-17-12-27-20(26)21-17/h3-4,6-7,9,16-17H,5,8,10-12H2,1-2H3,(H,21,26)/t17-/m1/s1. The van der Waals surface area contributed by atoms with Crippen molar-refractivity contribution in [1.82, 2.24) is 20.0 Å². The minimum Gasteiger partial charge on any atom is -0.447 e. The Morgan fingerprint density at radius 1 is 1.26 bits per heavy atom. The fourth-order valence-corrected chi connectivity index (χ4v) is 3.71. The topological polar surface area (TPSA) is 76.5 Å². The van der Waals surface area contributed by atoms with Gasteiger partial charge in [-0.1, -0.05) is 12.1 Å². The zero-order valence-corrected chi connectivity index (χ0v) is 15.6. The highest BCUT2D eigenvalue weighted by Crippen LogP contribution is 2.28. The van der Waals surface area contributed by atoms with Crippen LogP contribution in [0.4, 0.5) is 4.79 Å². The molecule has 1 atom stereocenters. The van der Waals surface area contributed by atoms with Crippen LogP contribution in [0.25, 0.3) is 5.69 Å². The zero-order chi connectivity index (χ0) is 19.0. The molecule has 1 N–H and O–H groups in total. The van der Waals surface area contributed by atoms with Crippen molar-refractivity contribution >= 4 is 12.0 Å². The second-order valence-corrected chi connectivity index (χ2v) is 7.40. The number of nitrogens with one attached hydrogen (secondary N) is 1. The van der Waals surface area contributed by atoms with Gasteiger partial charge in [0.15, 0.2) is 0 Å². The van der Waals surface area contributed by atoms with Gasteiger partial charge in [-0.05, 0) is 44.0 Å². The number of aryl methyl sites for hydroxylation is 2. The minimum absolute atomic E-state index is 0.0412. The lowest BCUT2D eigenvalue weighted by molar-refractivity contribution is -0.135. The van der Waals surface area contributed by atoms with E-state index in [0.717, 1.165) is 30.2 Å². The quantitative estimate of drug-likeness (QED) is 0.879. The summed E-state index contributed by atoms with van der Waals surface area (Å²) in [7, 11) is 0. The van der Waals surface area contributed by atoms with Crippen LogP contribution < -0.4 is 5.32 Å². The summed E-state index contributed by atoms with van der Waals surface area (Å²) in [4.78, 5) is 25.2. The number of rotatable bonds is 5. The van der Waals surface area contributed by atoms with Crippen molar-refractivity contribution in [2.75, 3.05) is 19.7 Å². The molecule has 0 spiro atoms. The second kappa shape index (κ2) is 7.06. The van der Waals surface area contributed by atoms with Gasteiger partial charge in [-0.2, -0.15) is 5.10 Å². The summed E-state index contributed by atoms with van der Waals surface area (Å²) in [6.07, 6.45) is 0.682. The van der Waals surface area contributed by atoms with Crippen LogP contribution >= 0.6 is 0 Å². The average Bonchev–Trinajstić information content (AvgIpc) is 3.17. The van der Waals surface area contributed by atoms with Crippen LogP contribution in [0.2, 0.25) is 0 Å². The first-order chi connectivity index (χ1) is 13.0. The summed E-state index contributed by atoms with van der Waals surface area (Å²) in [6, 6.07) is 10.4. The number of benzene rings is 1. The highest BCUT2D eigenvalue weighted by molar-refractivity contribution is 5.77. The van der Waals surface area contributed by atoms with Crippen molar-refractivity contribution < 1.29 is 14.3 Å². The van der Waals surface area contributed by atoms with Gasteiger partial charge in [0.2, 0.25) is 5.91 Å². The molecule has 2 fully saturated rings. The van der Waals surface area contributed by atoms with E-state index in [1.165, 1.54) is 5.56 Å². The molecule has 0 radical (unpaired) electrons. The van der Waals surface area contributed by atoms with Gasteiger partial charge >= 0.3 is 6.09 Å². The number of cyclic esters (lactones) is 1. The summed E-state index contributed by atoms with van der Waals surface area (Å²) in [5, 5.41) is 7.21. The molecule has 2 saturated heterocycles. The zero-order valence-electron chi connectivity index (χ0n) is 15.6. The lowest BCUT2D eigenvalue weighted by Gasteiger charge is -2.40. The smallest absolute Gasteiger partial charge is 0.407 e. The molecule has 3 heterocycles. The van der Waals surface area contributed by atoms with Crippen LogP contribution in [0.15, 0.2) is 30.3 Å². The maximum absolute atomic E-state index is 12.3. The van der Waals surface area contributed by atoms with E-state index < -0.39 is 0 Å². The molecule has 0 aliphatic carbocycles. The van der Waals surface area contributed by atoms with Crippen LogP contribution in [0.5, 0.6) is 0 Å². The Kier molecular flexibility index (Phi) is 4.59. The molecule has 1 aromatic heterocycles. The molecule has 0 saturated carbocycles. The van der Waals surface area contributed by atoms with Crippen molar-refractivity contribution in [1.29, 1.82) is 0 Å². The van der Waals surface area contributed by atoms with Gasteiger partial charge in [0.25, 0.3) is 0 Å².